The SMILES string of the molecule is C=C1/C=C/C=C(\[C@H]2CC[C@@]3([C@@H]4CC[C@H](O)Cc5cccc(c5)C[C@H]([C@H](CN=C(N)N)c5ccc(O)cc5)[C@H](O)CN[C@H]5C(=O)N[C@@H](N)c6cccc(c65)CC(=O)C(C)=C4CC[C@@]3(C)O)[C@@H]2O)COCC#CC/C(CCCc2ccccc2)=C/C[C@@]1(O)NCC. The van der Waals surface area contributed by atoms with Crippen molar-refractivity contribution in [3.05, 3.63) is 195 Å². The first-order chi connectivity index (χ1) is 42.7. The van der Waals surface area contributed by atoms with Gasteiger partial charge in [0.15, 0.2) is 11.7 Å². The van der Waals surface area contributed by atoms with Crippen LogP contribution in [-0.4, -0.2) is 111 Å². The van der Waals surface area contributed by atoms with E-state index in [2.05, 4.69) is 69.7 Å². The minimum absolute atomic E-state index is 0.0677. The summed E-state index contributed by atoms with van der Waals surface area (Å²) >= 11 is 0. The van der Waals surface area contributed by atoms with E-state index in [0.717, 1.165) is 52.7 Å². The minimum atomic E-state index is -1.44. The number of aliphatic hydroxyl groups excluding tert-OH is 3. The summed E-state index contributed by atoms with van der Waals surface area (Å²) in [5.74, 6) is 3.77. The second-order valence-electron chi connectivity index (χ2n) is 25.6. The molecule has 1 spiro atoms. The lowest BCUT2D eigenvalue weighted by Gasteiger charge is -2.56. The Labute approximate surface area is 525 Å². The molecule has 15 N–H and O–H groups in total. The molecule has 12 atom stereocenters. The van der Waals surface area contributed by atoms with Crippen molar-refractivity contribution in [3.8, 4) is 17.6 Å². The number of rotatable bonds is 11. The van der Waals surface area contributed by atoms with E-state index in [9.17, 15) is 35.4 Å². The fourth-order valence-corrected chi connectivity index (χ4v) is 15.0. The molecule has 3 heterocycles. The maximum absolute atomic E-state index is 15.3. The first-order valence-electron chi connectivity index (χ1n) is 31.8. The van der Waals surface area contributed by atoms with Crippen LogP contribution in [0, 0.1) is 35.0 Å². The largest absolute Gasteiger partial charge is 0.508 e. The molecule has 0 radical (unpaired) electrons. The van der Waals surface area contributed by atoms with Crippen LogP contribution in [0.1, 0.15) is 142 Å². The number of Topliss-reactive ketones (excluding diaryl/α,β-unsaturated/α-hetero) is 1. The number of likely N-dealkylation sites (N-methyl/N-ethyl adjacent to an activating group) is 1. The van der Waals surface area contributed by atoms with Gasteiger partial charge in [0.05, 0.1) is 30.5 Å². The Kier molecular flexibility index (Phi) is 22.2. The molecule has 4 aromatic rings. The van der Waals surface area contributed by atoms with E-state index in [1.165, 1.54) is 5.56 Å². The Morgan fingerprint density at radius 2 is 1.67 bits per heavy atom. The van der Waals surface area contributed by atoms with E-state index < -0.39 is 76.8 Å². The van der Waals surface area contributed by atoms with Crippen molar-refractivity contribution in [1.82, 2.24) is 16.0 Å². The van der Waals surface area contributed by atoms with Crippen LogP contribution in [0.4, 0.5) is 0 Å². The average molecular weight is 1210 g/mol. The molecule has 3 aliphatic heterocycles. The van der Waals surface area contributed by atoms with Crippen LogP contribution in [0.5, 0.6) is 5.75 Å². The predicted octanol–water partition coefficient (Wildman–Crippen LogP) is 7.53. The van der Waals surface area contributed by atoms with E-state index in [1.54, 1.807) is 30.3 Å². The molecule has 5 aliphatic rings. The standard InChI is InChI=1S/C73H93N7O9/c1-5-79-73(88)37-32-49(20-12-19-48-16-7-6-8-17-48)18-9-10-38-89-45-54(24-11-15-46(73)2)58-34-36-72(67(58)85)62-31-30-56(82)40-50-21-13-22-51(39-50)41-60(61(43-78-70(75)76)52-26-28-55(81)29-27-52)64(84)44-77-66-65-53(23-14-25-59(65)68(74)80-69(66)86)42-63(83)47(3)57(62)33-35-71(72,4)87/h6-8,11,13-17,21-29,32,39,56,58,60-62,64,66-68,77,79,81-82,84-85,87-88H,2,5,12,18-20,30-31,33-38,40-45,74H2,1,3-4H3,(H,80,86)(H4,75,76,78)/b15-11+,49-32-,54-24-,57-47?/t56-,58+,60+,61+,62+,64+,66+,67+,68+,71+,72+,73-/m0/s1. The molecule has 9 rings (SSSR count). The molecule has 0 aromatic heterocycles. The number of nitrogens with one attached hydrogen (secondary N) is 3. The van der Waals surface area contributed by atoms with Gasteiger partial charge in [0.1, 0.15) is 30.3 Å². The third kappa shape index (κ3) is 15.6. The van der Waals surface area contributed by atoms with Gasteiger partial charge in [-0.05, 0) is 171 Å². The molecule has 0 unspecified atom stereocenters. The van der Waals surface area contributed by atoms with Crippen molar-refractivity contribution in [3.63, 3.8) is 0 Å². The summed E-state index contributed by atoms with van der Waals surface area (Å²) in [5.41, 5.74) is 23.7. The molecule has 16 nitrogen and oxygen atoms in total. The summed E-state index contributed by atoms with van der Waals surface area (Å²) in [6, 6.07) is 29.4. The van der Waals surface area contributed by atoms with Crippen molar-refractivity contribution in [2.24, 2.45) is 45.4 Å². The van der Waals surface area contributed by atoms with E-state index in [-0.39, 0.29) is 75.9 Å². The Bertz CT molecular complexity index is 3380. The molecular weight excluding hydrogens is 1120 g/mol. The number of nitrogens with zero attached hydrogens (tertiary/aromatic N) is 1. The lowest BCUT2D eigenvalue weighted by atomic mass is 9.52. The lowest BCUT2D eigenvalue weighted by Crippen LogP contribution is -2.59. The van der Waals surface area contributed by atoms with Crippen LogP contribution in [0.2, 0.25) is 0 Å². The quantitative estimate of drug-likeness (QED) is 0.0227. The molecular formula is C73H93N7O9. The number of carbonyl (C=O) groups excluding carboxylic acids is 2. The van der Waals surface area contributed by atoms with Gasteiger partial charge in [-0.25, -0.2) is 0 Å². The lowest BCUT2D eigenvalue weighted by molar-refractivity contribution is -0.168. The third-order valence-electron chi connectivity index (χ3n) is 19.9. The number of aliphatic imine (C=N–C) groups is 1. The normalized spacial score (nSPS) is 31.1. The van der Waals surface area contributed by atoms with Crippen LogP contribution < -0.4 is 33.2 Å². The van der Waals surface area contributed by atoms with Crippen molar-refractivity contribution in [2.75, 3.05) is 32.8 Å². The zero-order chi connectivity index (χ0) is 63.5. The van der Waals surface area contributed by atoms with Gasteiger partial charge in [-0.2, -0.15) is 0 Å². The number of hydrogen-bond acceptors (Lipinski definition) is 13. The molecule has 2 fully saturated rings. The number of nitrogens with two attached hydrogens (primary N) is 3. The van der Waals surface area contributed by atoms with E-state index in [0.29, 0.717) is 72.9 Å². The van der Waals surface area contributed by atoms with E-state index >= 15 is 4.79 Å². The average Bonchev–Trinajstić information content (AvgIpc) is 1.66. The molecule has 4 aromatic carbocycles. The molecule has 16 heteroatoms. The zero-order valence-electron chi connectivity index (χ0n) is 52.0. The summed E-state index contributed by atoms with van der Waals surface area (Å²) in [5, 5.41) is 83.2. The smallest absolute Gasteiger partial charge is 0.243 e. The number of hydrogen-bond donors (Lipinski definition) is 12. The number of ketones is 1. The maximum atomic E-state index is 15.3. The number of aryl methyl sites for hydroxylation is 1. The highest BCUT2D eigenvalue weighted by molar-refractivity contribution is 5.98. The van der Waals surface area contributed by atoms with Gasteiger partial charge >= 0.3 is 0 Å². The number of ether oxygens (including phenoxy) is 1. The number of amides is 1. The number of allylic oxidation sites excluding steroid dienone is 5. The fraction of sp³-hybridized carbons (Fsp3) is 0.466. The number of aromatic hydroxyl groups is 1. The number of β-amino-alcohol motifs (C(OH)–C–C–N with tert-alkyl or cyclic N) is 1. The molecule has 2 aliphatic carbocycles. The molecule has 0 saturated heterocycles. The van der Waals surface area contributed by atoms with Crippen LogP contribution in [-0.2, 0) is 40.0 Å². The van der Waals surface area contributed by atoms with Gasteiger partial charge in [-0.3, -0.25) is 25.2 Å². The highest BCUT2D eigenvalue weighted by Gasteiger charge is 2.64. The second kappa shape index (κ2) is 29.7. The maximum Gasteiger partial charge on any atom is 0.243 e. The number of guanidine groups is 1. The van der Waals surface area contributed by atoms with Crippen molar-refractivity contribution < 1.29 is 45.0 Å². The molecule has 474 valence electrons. The van der Waals surface area contributed by atoms with E-state index in [4.69, 9.17) is 21.9 Å². The zero-order valence-corrected chi connectivity index (χ0v) is 52.0. The van der Waals surface area contributed by atoms with Gasteiger partial charge in [-0.15, -0.1) is 0 Å². The molecule has 1 amide bonds. The topological polar surface area (TPSA) is 291 Å². The predicted molar refractivity (Wildman–Crippen MR) is 349 cm³/mol. The first kappa shape index (κ1) is 66.4. The second-order valence-corrected chi connectivity index (χ2v) is 25.6. The summed E-state index contributed by atoms with van der Waals surface area (Å²) in [4.78, 5) is 34.0. The summed E-state index contributed by atoms with van der Waals surface area (Å²) in [6.07, 6.45) is 9.78. The summed E-state index contributed by atoms with van der Waals surface area (Å²) in [6.45, 7) is 10.7. The van der Waals surface area contributed by atoms with Gasteiger partial charge in [-0.1, -0.05) is 146 Å². The first-order valence-corrected chi connectivity index (χ1v) is 31.8. The van der Waals surface area contributed by atoms with Crippen molar-refractivity contribution in [2.45, 2.75) is 158 Å². The fourth-order valence-electron chi connectivity index (χ4n) is 15.0. The van der Waals surface area contributed by atoms with Crippen LogP contribution in [0.3, 0.4) is 0 Å². The third-order valence-corrected chi connectivity index (χ3v) is 19.9. The molecule has 2 bridgehead atoms. The Morgan fingerprint density at radius 1 is 0.921 bits per heavy atom. The van der Waals surface area contributed by atoms with Gasteiger partial charge in [0.2, 0.25) is 5.91 Å². The van der Waals surface area contributed by atoms with Gasteiger partial charge in [0.25, 0.3) is 0 Å². The Morgan fingerprint density at radius 3 is 2.43 bits per heavy atom. The number of aliphatic hydroxyl groups is 5. The number of fused-ring (bicyclic) bond motifs is 4. The molecule has 2 saturated carbocycles. The highest BCUT2D eigenvalue weighted by atomic mass is 16.5. The highest BCUT2D eigenvalue weighted by Crippen LogP contribution is 2.63. The number of benzene rings is 4. The van der Waals surface area contributed by atoms with Crippen molar-refractivity contribution >= 4 is 17.6 Å². The van der Waals surface area contributed by atoms with Gasteiger partial charge in [0, 0.05) is 49.6 Å². The summed E-state index contributed by atoms with van der Waals surface area (Å²) in [7, 11) is 0. The molecule has 89 heavy (non-hydrogen) atoms. The number of carbonyl (C=O) groups is 2. The number of phenolic OH excluding ortho intramolecular Hbond substituents is 1. The minimum Gasteiger partial charge on any atom is -0.508 e. The Hall–Kier alpha value is -7.01. The van der Waals surface area contributed by atoms with Crippen LogP contribution >= 0.6 is 0 Å². The number of phenols is 1. The van der Waals surface area contributed by atoms with Crippen LogP contribution in [0.25, 0.3) is 0 Å². The Balaban J connectivity index is 1.07. The van der Waals surface area contributed by atoms with Crippen molar-refractivity contribution in [1.29, 1.82) is 0 Å². The monoisotopic (exact) mass is 1210 g/mol. The summed E-state index contributed by atoms with van der Waals surface area (Å²) < 4.78 is 6.35. The van der Waals surface area contributed by atoms with E-state index in [1.807, 2.05) is 81.5 Å². The van der Waals surface area contributed by atoms with Gasteiger partial charge < -0.3 is 57.9 Å². The van der Waals surface area contributed by atoms with Crippen LogP contribution in [0.15, 0.2) is 161 Å².